The first-order valence-electron chi connectivity index (χ1n) is 11.8. The monoisotopic (exact) mass is 614 g/mol. The van der Waals surface area contributed by atoms with Crippen molar-refractivity contribution in [2.75, 3.05) is 14.2 Å². The molecule has 0 saturated heterocycles. The van der Waals surface area contributed by atoms with E-state index in [1.54, 1.807) is 42.5 Å². The minimum atomic E-state index is -0.746. The van der Waals surface area contributed by atoms with E-state index in [9.17, 15) is 19.5 Å². The Morgan fingerprint density at radius 2 is 1.30 bits per heavy atom. The summed E-state index contributed by atoms with van der Waals surface area (Å²) in [5.74, 6) is -0.836. The van der Waals surface area contributed by atoms with Crippen LogP contribution >= 0.6 is 0 Å². The van der Waals surface area contributed by atoms with E-state index in [4.69, 9.17) is 0 Å². The Morgan fingerprint density at radius 3 is 1.77 bits per heavy atom. The van der Waals surface area contributed by atoms with Crippen LogP contribution in [-0.4, -0.2) is 60.6 Å². The van der Waals surface area contributed by atoms with Crippen molar-refractivity contribution in [2.24, 2.45) is 0 Å². The molecule has 8 heteroatoms. The molecule has 0 amide bonds. The van der Waals surface area contributed by atoms with E-state index < -0.39 is 18.0 Å². The van der Waals surface area contributed by atoms with Crippen LogP contribution in [-0.2, 0) is 9.47 Å². The first-order chi connectivity index (χ1) is 18.3. The molecule has 0 saturated carbocycles. The zero-order valence-electron chi connectivity index (χ0n) is 23.0. The third kappa shape index (κ3) is 12.3. The summed E-state index contributed by atoms with van der Waals surface area (Å²) in [6.07, 6.45) is -0.0589. The van der Waals surface area contributed by atoms with Gasteiger partial charge < -0.3 is 31.6 Å². The second-order valence-corrected chi connectivity index (χ2v) is 8.25. The molecule has 1 N–H and O–H groups in total. The summed E-state index contributed by atoms with van der Waals surface area (Å²) in [5.41, 5.74) is 5.13. The van der Waals surface area contributed by atoms with Crippen LogP contribution in [0, 0.1) is 19.9 Å². The standard InChI is InChI=1S/C16H16O3.C9H8O3.C7H7.BrH.Mg/c1-11-5-3-6-12(9-11)15(17)13-7-4-8-14(10-13)16(18)19-2;1-12-9(11)8-4-2-3-7(5-8)6-10;1-7-5-3-2-4-6-7;;/h3-10,15,17H,1-2H3;2-6H,1H3;2-3,5-6H,1H3;1H;/q;;-1;;+2/p-1. The quantitative estimate of drug-likeness (QED) is 0.161. The average Bonchev–Trinajstić information content (AvgIpc) is 2.97. The van der Waals surface area contributed by atoms with Gasteiger partial charge in [-0.1, -0.05) is 61.0 Å². The molecule has 0 aromatic heterocycles. The minimum absolute atomic E-state index is 0. The molecule has 4 aromatic rings. The van der Waals surface area contributed by atoms with Crippen LogP contribution in [0.4, 0.5) is 0 Å². The number of aldehydes is 1. The number of hydrogen-bond acceptors (Lipinski definition) is 6. The first kappa shape index (κ1) is 36.7. The van der Waals surface area contributed by atoms with Gasteiger partial charge in [0.1, 0.15) is 12.4 Å². The topological polar surface area (TPSA) is 89.9 Å². The molecule has 4 aromatic carbocycles. The van der Waals surface area contributed by atoms with Gasteiger partial charge >= 0.3 is 35.0 Å². The van der Waals surface area contributed by atoms with E-state index in [1.807, 2.05) is 49.4 Å². The molecule has 0 aliphatic rings. The fraction of sp³-hybridized carbons (Fsp3) is 0.156. The number of halogens is 1. The summed E-state index contributed by atoms with van der Waals surface area (Å²) in [5, 5.41) is 10.3. The number of rotatable bonds is 5. The van der Waals surface area contributed by atoms with E-state index >= 15 is 0 Å². The Bertz CT molecular complexity index is 1340. The molecule has 204 valence electrons. The maximum Gasteiger partial charge on any atom is 2.00 e. The van der Waals surface area contributed by atoms with Gasteiger partial charge in [-0.15, -0.1) is 0 Å². The van der Waals surface area contributed by atoms with Gasteiger partial charge in [-0.3, -0.25) is 4.79 Å². The van der Waals surface area contributed by atoms with Crippen LogP contribution < -0.4 is 17.0 Å². The second kappa shape index (κ2) is 19.7. The smallest absolute Gasteiger partial charge is 1.00 e. The summed E-state index contributed by atoms with van der Waals surface area (Å²) >= 11 is 0. The van der Waals surface area contributed by atoms with Crippen LogP contribution in [0.1, 0.15) is 59.4 Å². The number of methoxy groups -OCH3 is 2. The second-order valence-electron chi connectivity index (χ2n) is 8.25. The van der Waals surface area contributed by atoms with E-state index in [1.165, 1.54) is 25.8 Å². The number of aliphatic hydroxyl groups excluding tert-OH is 1. The van der Waals surface area contributed by atoms with E-state index in [2.05, 4.69) is 28.5 Å². The van der Waals surface area contributed by atoms with Crippen molar-refractivity contribution >= 4 is 41.3 Å². The zero-order chi connectivity index (χ0) is 27.9. The number of carbonyl (C=O) groups is 3. The number of esters is 2. The fourth-order valence-corrected chi connectivity index (χ4v) is 3.33. The summed E-state index contributed by atoms with van der Waals surface area (Å²) < 4.78 is 9.16. The van der Waals surface area contributed by atoms with Crippen molar-refractivity contribution in [1.82, 2.24) is 0 Å². The Kier molecular flexibility index (Phi) is 18.1. The number of benzene rings is 4. The molecular formula is C32H31BrMgO6. The molecular weight excluding hydrogens is 585 g/mol. The van der Waals surface area contributed by atoms with Crippen LogP contribution in [0.5, 0.6) is 0 Å². The van der Waals surface area contributed by atoms with Gasteiger partial charge in [0.05, 0.1) is 25.3 Å². The first-order valence-corrected chi connectivity index (χ1v) is 11.8. The third-order valence-corrected chi connectivity index (χ3v) is 5.29. The Morgan fingerprint density at radius 1 is 0.775 bits per heavy atom. The molecule has 0 fully saturated rings. The minimum Gasteiger partial charge on any atom is -1.00 e. The largest absolute Gasteiger partial charge is 2.00 e. The molecule has 1 unspecified atom stereocenters. The summed E-state index contributed by atoms with van der Waals surface area (Å²) in [6.45, 7) is 4.03. The molecule has 4 rings (SSSR count). The van der Waals surface area contributed by atoms with Crippen molar-refractivity contribution in [3.05, 3.63) is 142 Å². The van der Waals surface area contributed by atoms with Gasteiger partial charge in [0.25, 0.3) is 0 Å². The van der Waals surface area contributed by atoms with Crippen molar-refractivity contribution < 1.29 is 45.9 Å². The van der Waals surface area contributed by atoms with Crippen molar-refractivity contribution in [1.29, 1.82) is 0 Å². The predicted octanol–water partition coefficient (Wildman–Crippen LogP) is 2.57. The predicted molar refractivity (Wildman–Crippen MR) is 152 cm³/mol. The Labute approximate surface area is 262 Å². The van der Waals surface area contributed by atoms with E-state index in [0.29, 0.717) is 28.5 Å². The SMILES string of the molecule is COC(=O)c1cccc(C(O)c2cccc(C)c2)c1.COC(=O)c1cccc(C=O)c1.Cc1c[c-]ccc1.[Br-].[Mg+2]. The van der Waals surface area contributed by atoms with Gasteiger partial charge in [-0.05, 0) is 42.3 Å². The third-order valence-electron chi connectivity index (χ3n) is 5.29. The number of aliphatic hydroxyl groups is 1. The average molecular weight is 616 g/mol. The molecule has 0 spiro atoms. The Balaban J connectivity index is 0.000000621. The normalized spacial score (nSPS) is 9.93. The van der Waals surface area contributed by atoms with E-state index in [-0.39, 0.29) is 40.0 Å². The number of ether oxygens (including phenoxy) is 2. The number of carbonyl (C=O) groups excluding carboxylic acids is 3. The molecule has 0 aliphatic carbocycles. The molecule has 0 aliphatic heterocycles. The van der Waals surface area contributed by atoms with Gasteiger partial charge in [0, 0.05) is 5.56 Å². The fourth-order valence-electron chi connectivity index (χ4n) is 3.33. The number of hydrogen-bond donors (Lipinski definition) is 1. The van der Waals surface area contributed by atoms with Crippen molar-refractivity contribution in [3.63, 3.8) is 0 Å². The van der Waals surface area contributed by atoms with Crippen LogP contribution in [0.2, 0.25) is 0 Å². The molecule has 1 atom stereocenters. The van der Waals surface area contributed by atoms with Crippen LogP contribution in [0.15, 0.2) is 97.1 Å². The Hall–Kier alpha value is -3.30. The van der Waals surface area contributed by atoms with Gasteiger partial charge in [0.2, 0.25) is 0 Å². The molecule has 0 bridgehead atoms. The van der Waals surface area contributed by atoms with Crippen LogP contribution in [0.25, 0.3) is 0 Å². The van der Waals surface area contributed by atoms with Gasteiger partial charge in [0.15, 0.2) is 0 Å². The van der Waals surface area contributed by atoms with Gasteiger partial charge in [-0.2, -0.15) is 35.9 Å². The summed E-state index contributed by atoms with van der Waals surface area (Å²) in [7, 11) is 2.64. The van der Waals surface area contributed by atoms with E-state index in [0.717, 1.165) is 11.1 Å². The molecule has 40 heavy (non-hydrogen) atoms. The van der Waals surface area contributed by atoms with Crippen molar-refractivity contribution in [3.8, 4) is 0 Å². The maximum atomic E-state index is 11.5. The van der Waals surface area contributed by atoms with Crippen LogP contribution in [0.3, 0.4) is 0 Å². The van der Waals surface area contributed by atoms with Gasteiger partial charge in [-0.25, -0.2) is 9.59 Å². The number of aryl methyl sites for hydroxylation is 2. The molecule has 0 heterocycles. The molecule has 6 nitrogen and oxygen atoms in total. The zero-order valence-corrected chi connectivity index (χ0v) is 26.0. The summed E-state index contributed by atoms with van der Waals surface area (Å²) in [6, 6.07) is 31.7. The van der Waals surface area contributed by atoms with Crippen molar-refractivity contribution in [2.45, 2.75) is 20.0 Å². The maximum absolute atomic E-state index is 11.5. The molecule has 0 radical (unpaired) electrons. The summed E-state index contributed by atoms with van der Waals surface area (Å²) in [4.78, 5) is 32.7.